The van der Waals surface area contributed by atoms with Crippen LogP contribution in [0.3, 0.4) is 0 Å². The Labute approximate surface area is 143 Å². The SMILES string of the molecule is CC(=O)OCc1ccccc1P(c1ccccc1)c1ccccc1. The van der Waals surface area contributed by atoms with Gasteiger partial charge >= 0.3 is 5.97 Å². The summed E-state index contributed by atoms with van der Waals surface area (Å²) < 4.78 is 5.26. The van der Waals surface area contributed by atoms with Gasteiger partial charge in [0.2, 0.25) is 0 Å². The van der Waals surface area contributed by atoms with Crippen molar-refractivity contribution < 1.29 is 9.53 Å². The van der Waals surface area contributed by atoms with E-state index >= 15 is 0 Å². The van der Waals surface area contributed by atoms with Gasteiger partial charge in [-0.3, -0.25) is 4.79 Å². The third-order valence-electron chi connectivity index (χ3n) is 3.69. The Hall–Kier alpha value is -2.44. The summed E-state index contributed by atoms with van der Waals surface area (Å²) in [4.78, 5) is 11.2. The van der Waals surface area contributed by atoms with Crippen LogP contribution in [0.5, 0.6) is 0 Å². The summed E-state index contributed by atoms with van der Waals surface area (Å²) in [6.45, 7) is 1.75. The predicted molar refractivity (Wildman–Crippen MR) is 101 cm³/mol. The Bertz CT molecular complexity index is 761. The van der Waals surface area contributed by atoms with E-state index in [1.54, 1.807) is 0 Å². The molecule has 0 amide bonds. The van der Waals surface area contributed by atoms with Gasteiger partial charge in [0.15, 0.2) is 0 Å². The maximum atomic E-state index is 11.2. The monoisotopic (exact) mass is 334 g/mol. The standard InChI is InChI=1S/C21H19O2P/c1-17(22)23-16-18-10-8-9-15-21(18)24(19-11-4-2-5-12-19)20-13-6-3-7-14-20/h2-15H,16H2,1H3. The summed E-state index contributed by atoms with van der Waals surface area (Å²) in [5, 5.41) is 3.80. The predicted octanol–water partition coefficient (Wildman–Crippen LogP) is 3.51. The summed E-state index contributed by atoms with van der Waals surface area (Å²) in [5.41, 5.74) is 1.06. The van der Waals surface area contributed by atoms with E-state index < -0.39 is 7.92 Å². The van der Waals surface area contributed by atoms with Crippen molar-refractivity contribution in [3.05, 3.63) is 90.5 Å². The Morgan fingerprint density at radius 2 is 1.29 bits per heavy atom. The van der Waals surface area contributed by atoms with Gasteiger partial charge in [0.05, 0.1) is 0 Å². The molecule has 0 N–H and O–H groups in total. The highest BCUT2D eigenvalue weighted by Crippen LogP contribution is 2.34. The van der Waals surface area contributed by atoms with E-state index in [9.17, 15) is 4.79 Å². The first-order valence-corrected chi connectivity index (χ1v) is 9.21. The molecule has 0 aliphatic rings. The molecular weight excluding hydrogens is 315 g/mol. The molecule has 0 saturated heterocycles. The van der Waals surface area contributed by atoms with E-state index in [1.807, 2.05) is 30.3 Å². The summed E-state index contributed by atoms with van der Waals surface area (Å²) in [6.07, 6.45) is 0. The molecule has 3 heteroatoms. The Morgan fingerprint density at radius 3 is 1.83 bits per heavy atom. The van der Waals surface area contributed by atoms with Crippen LogP contribution in [-0.4, -0.2) is 5.97 Å². The minimum atomic E-state index is -0.689. The molecule has 0 aliphatic heterocycles. The fraction of sp³-hybridized carbons (Fsp3) is 0.0952. The van der Waals surface area contributed by atoms with Crippen LogP contribution in [0, 0.1) is 0 Å². The van der Waals surface area contributed by atoms with Crippen molar-refractivity contribution in [2.24, 2.45) is 0 Å². The van der Waals surface area contributed by atoms with Gasteiger partial charge < -0.3 is 4.74 Å². The first kappa shape index (κ1) is 16.4. The molecule has 3 aromatic rings. The largest absolute Gasteiger partial charge is 0.461 e. The van der Waals surface area contributed by atoms with Crippen molar-refractivity contribution >= 4 is 29.8 Å². The highest BCUT2D eigenvalue weighted by atomic mass is 31.1. The minimum absolute atomic E-state index is 0.256. The molecule has 0 saturated carbocycles. The summed E-state index contributed by atoms with van der Waals surface area (Å²) >= 11 is 0. The smallest absolute Gasteiger partial charge is 0.302 e. The van der Waals surface area contributed by atoms with Gasteiger partial charge in [0, 0.05) is 6.92 Å². The van der Waals surface area contributed by atoms with Crippen molar-refractivity contribution in [1.82, 2.24) is 0 Å². The number of carbonyl (C=O) groups excluding carboxylic acids is 1. The van der Waals surface area contributed by atoms with Gasteiger partial charge in [0.25, 0.3) is 0 Å². The van der Waals surface area contributed by atoms with E-state index in [-0.39, 0.29) is 5.97 Å². The van der Waals surface area contributed by atoms with Gasteiger partial charge in [0.1, 0.15) is 6.61 Å². The molecule has 0 fully saturated rings. The molecule has 3 rings (SSSR count). The molecule has 0 unspecified atom stereocenters. The van der Waals surface area contributed by atoms with Gasteiger partial charge in [-0.25, -0.2) is 0 Å². The average molecular weight is 334 g/mol. The second-order valence-electron chi connectivity index (χ2n) is 5.42. The van der Waals surface area contributed by atoms with Crippen molar-refractivity contribution in [2.45, 2.75) is 13.5 Å². The zero-order valence-electron chi connectivity index (χ0n) is 13.6. The minimum Gasteiger partial charge on any atom is -0.461 e. The van der Waals surface area contributed by atoms with Gasteiger partial charge in [-0.2, -0.15) is 0 Å². The Balaban J connectivity index is 2.08. The van der Waals surface area contributed by atoms with E-state index in [0.717, 1.165) is 5.56 Å². The highest BCUT2D eigenvalue weighted by molar-refractivity contribution is 7.79. The Kier molecular flexibility index (Phi) is 5.40. The maximum Gasteiger partial charge on any atom is 0.302 e. The fourth-order valence-corrected chi connectivity index (χ4v) is 5.07. The van der Waals surface area contributed by atoms with E-state index in [0.29, 0.717) is 6.61 Å². The zero-order valence-corrected chi connectivity index (χ0v) is 14.4. The molecule has 0 bridgehead atoms. The third kappa shape index (κ3) is 3.90. The second kappa shape index (κ2) is 7.90. The van der Waals surface area contributed by atoms with E-state index in [1.165, 1.54) is 22.8 Å². The maximum absolute atomic E-state index is 11.2. The van der Waals surface area contributed by atoms with Gasteiger partial charge in [-0.1, -0.05) is 84.9 Å². The van der Waals surface area contributed by atoms with Crippen LogP contribution in [0.15, 0.2) is 84.9 Å². The van der Waals surface area contributed by atoms with E-state index in [2.05, 4.69) is 54.6 Å². The number of benzene rings is 3. The molecule has 2 nitrogen and oxygen atoms in total. The average Bonchev–Trinajstić information content (AvgIpc) is 2.63. The molecule has 0 radical (unpaired) electrons. The van der Waals surface area contributed by atoms with Crippen LogP contribution in [0.2, 0.25) is 0 Å². The summed E-state index contributed by atoms with van der Waals surface area (Å²) in [6, 6.07) is 29.3. The van der Waals surface area contributed by atoms with Crippen molar-refractivity contribution in [3.63, 3.8) is 0 Å². The summed E-state index contributed by atoms with van der Waals surface area (Å²) in [7, 11) is -0.689. The number of rotatable bonds is 5. The molecular formula is C21H19O2P. The van der Waals surface area contributed by atoms with Crippen LogP contribution in [0.4, 0.5) is 0 Å². The first-order valence-electron chi connectivity index (χ1n) is 7.87. The molecule has 0 aliphatic carbocycles. The first-order chi connectivity index (χ1) is 11.8. The number of esters is 1. The van der Waals surface area contributed by atoms with Crippen molar-refractivity contribution in [1.29, 1.82) is 0 Å². The lowest BCUT2D eigenvalue weighted by Gasteiger charge is -2.22. The highest BCUT2D eigenvalue weighted by Gasteiger charge is 2.19. The van der Waals surface area contributed by atoms with Crippen LogP contribution < -0.4 is 15.9 Å². The Morgan fingerprint density at radius 1 is 0.792 bits per heavy atom. The normalized spacial score (nSPS) is 10.6. The van der Waals surface area contributed by atoms with Crippen molar-refractivity contribution in [3.8, 4) is 0 Å². The quantitative estimate of drug-likeness (QED) is 0.527. The lowest BCUT2D eigenvalue weighted by atomic mass is 10.2. The van der Waals surface area contributed by atoms with Crippen LogP contribution >= 0.6 is 7.92 Å². The topological polar surface area (TPSA) is 26.3 Å². The molecule has 3 aromatic carbocycles. The van der Waals surface area contributed by atoms with Crippen LogP contribution in [0.25, 0.3) is 0 Å². The molecule has 120 valence electrons. The molecule has 24 heavy (non-hydrogen) atoms. The number of carbonyl (C=O) groups is 1. The van der Waals surface area contributed by atoms with Crippen LogP contribution in [0.1, 0.15) is 12.5 Å². The van der Waals surface area contributed by atoms with E-state index in [4.69, 9.17) is 4.74 Å². The van der Waals surface area contributed by atoms with Gasteiger partial charge in [-0.05, 0) is 29.4 Å². The fourth-order valence-electron chi connectivity index (χ4n) is 2.61. The molecule has 0 aromatic heterocycles. The molecule has 0 spiro atoms. The molecule has 0 atom stereocenters. The number of hydrogen-bond acceptors (Lipinski definition) is 2. The third-order valence-corrected chi connectivity index (χ3v) is 6.24. The lowest BCUT2D eigenvalue weighted by molar-refractivity contribution is -0.142. The lowest BCUT2D eigenvalue weighted by Crippen LogP contribution is -2.23. The zero-order chi connectivity index (χ0) is 16.8. The van der Waals surface area contributed by atoms with Crippen molar-refractivity contribution in [2.75, 3.05) is 0 Å². The molecule has 0 heterocycles. The van der Waals surface area contributed by atoms with Crippen LogP contribution in [-0.2, 0) is 16.1 Å². The second-order valence-corrected chi connectivity index (χ2v) is 7.60. The number of ether oxygens (including phenoxy) is 1. The van der Waals surface area contributed by atoms with Gasteiger partial charge in [-0.15, -0.1) is 0 Å². The summed E-state index contributed by atoms with van der Waals surface area (Å²) in [5.74, 6) is -0.256. The number of hydrogen-bond donors (Lipinski definition) is 0.